The zero-order chi connectivity index (χ0) is 11.5. The van der Waals surface area contributed by atoms with Gasteiger partial charge >= 0.3 is 0 Å². The number of aromatic nitrogens is 1. The van der Waals surface area contributed by atoms with E-state index >= 15 is 0 Å². The van der Waals surface area contributed by atoms with Crippen LogP contribution >= 0.6 is 11.6 Å². The second kappa shape index (κ2) is 4.21. The fraction of sp³-hybridized carbons (Fsp3) is 0. The summed E-state index contributed by atoms with van der Waals surface area (Å²) in [6, 6.07) is 8.55. The number of rotatable bonds is 1. The van der Waals surface area contributed by atoms with Gasteiger partial charge in [0.15, 0.2) is 0 Å². The summed E-state index contributed by atoms with van der Waals surface area (Å²) in [5.41, 5.74) is 1.83. The van der Waals surface area contributed by atoms with Crippen LogP contribution in [0.4, 0.5) is 0 Å². The predicted octanol–water partition coefficient (Wildman–Crippen LogP) is 2.98. The number of aromatic hydroxyl groups is 1. The third kappa shape index (κ3) is 1.83. The summed E-state index contributed by atoms with van der Waals surface area (Å²) in [6.45, 7) is 0. The molecule has 0 bridgehead atoms. The minimum absolute atomic E-state index is 0.174. The number of phenols is 1. The normalized spacial score (nSPS) is 9.75. The Bertz CT molecular complexity index is 558. The van der Waals surface area contributed by atoms with Crippen LogP contribution in [0.1, 0.15) is 5.56 Å². The van der Waals surface area contributed by atoms with Crippen molar-refractivity contribution in [2.45, 2.75) is 0 Å². The van der Waals surface area contributed by atoms with E-state index in [2.05, 4.69) is 4.98 Å². The number of phenolic OH excluding ortho intramolecular Hbond substituents is 1. The summed E-state index contributed by atoms with van der Waals surface area (Å²) in [6.07, 6.45) is 2.96. The number of pyridine rings is 1. The van der Waals surface area contributed by atoms with Crippen LogP contribution in [0, 0.1) is 11.3 Å². The fourth-order valence-corrected chi connectivity index (χ4v) is 1.71. The number of halogens is 1. The molecule has 1 N–H and O–H groups in total. The maximum absolute atomic E-state index is 9.19. The van der Waals surface area contributed by atoms with Gasteiger partial charge in [-0.1, -0.05) is 23.7 Å². The maximum Gasteiger partial charge on any atom is 0.115 e. The van der Waals surface area contributed by atoms with E-state index in [9.17, 15) is 5.11 Å². The number of nitriles is 1. The average Bonchev–Trinajstić information content (AvgIpc) is 2.30. The second-order valence-corrected chi connectivity index (χ2v) is 3.61. The van der Waals surface area contributed by atoms with Gasteiger partial charge in [-0.25, -0.2) is 0 Å². The molecule has 1 aromatic heterocycles. The Morgan fingerprint density at radius 3 is 2.50 bits per heavy atom. The topological polar surface area (TPSA) is 56.9 Å². The van der Waals surface area contributed by atoms with Gasteiger partial charge in [-0.3, -0.25) is 4.98 Å². The predicted molar refractivity (Wildman–Crippen MR) is 61.1 cm³/mol. The Hall–Kier alpha value is -2.05. The fourth-order valence-electron chi connectivity index (χ4n) is 1.44. The van der Waals surface area contributed by atoms with E-state index < -0.39 is 0 Å². The molecular formula is C12H7ClN2O. The average molecular weight is 231 g/mol. The van der Waals surface area contributed by atoms with Gasteiger partial charge in [0.1, 0.15) is 11.8 Å². The first-order valence-electron chi connectivity index (χ1n) is 4.55. The highest BCUT2D eigenvalue weighted by Crippen LogP contribution is 2.30. The van der Waals surface area contributed by atoms with E-state index in [4.69, 9.17) is 16.9 Å². The van der Waals surface area contributed by atoms with Gasteiger partial charge in [-0.2, -0.15) is 5.26 Å². The lowest BCUT2D eigenvalue weighted by molar-refractivity contribution is 0.475. The molecule has 0 unspecified atom stereocenters. The highest BCUT2D eigenvalue weighted by atomic mass is 35.5. The smallest absolute Gasteiger partial charge is 0.115 e. The van der Waals surface area contributed by atoms with Gasteiger partial charge in [-0.05, 0) is 17.7 Å². The van der Waals surface area contributed by atoms with Gasteiger partial charge in [0.2, 0.25) is 0 Å². The summed E-state index contributed by atoms with van der Waals surface area (Å²) in [7, 11) is 0. The van der Waals surface area contributed by atoms with Crippen molar-refractivity contribution >= 4 is 11.6 Å². The minimum Gasteiger partial charge on any atom is -0.508 e. The van der Waals surface area contributed by atoms with Crippen molar-refractivity contribution in [1.82, 2.24) is 4.98 Å². The number of hydrogen-bond donors (Lipinski definition) is 1. The lowest BCUT2D eigenvalue weighted by Crippen LogP contribution is -1.87. The van der Waals surface area contributed by atoms with Crippen molar-refractivity contribution in [1.29, 1.82) is 5.26 Å². The van der Waals surface area contributed by atoms with Crippen molar-refractivity contribution in [3.63, 3.8) is 0 Å². The van der Waals surface area contributed by atoms with Crippen molar-refractivity contribution < 1.29 is 5.11 Å². The SMILES string of the molecule is N#Cc1cncc(Cl)c1-c1ccc(O)cc1. The molecule has 1 aromatic carbocycles. The number of benzene rings is 1. The third-order valence-corrected chi connectivity index (χ3v) is 2.46. The Kier molecular flexibility index (Phi) is 2.76. The molecule has 4 heteroatoms. The highest BCUT2D eigenvalue weighted by Gasteiger charge is 2.09. The van der Waals surface area contributed by atoms with E-state index in [1.807, 2.05) is 6.07 Å². The standard InChI is InChI=1S/C12H7ClN2O/c13-11-7-15-6-9(5-14)12(11)8-1-3-10(16)4-2-8/h1-4,6-7,16H. The molecule has 2 rings (SSSR count). The van der Waals surface area contributed by atoms with Gasteiger partial charge in [0, 0.05) is 18.0 Å². The van der Waals surface area contributed by atoms with Gasteiger partial charge < -0.3 is 5.11 Å². The Morgan fingerprint density at radius 1 is 1.19 bits per heavy atom. The van der Waals surface area contributed by atoms with Crippen LogP contribution in [0.3, 0.4) is 0 Å². The first-order valence-corrected chi connectivity index (χ1v) is 4.93. The van der Waals surface area contributed by atoms with E-state index in [1.54, 1.807) is 24.3 Å². The second-order valence-electron chi connectivity index (χ2n) is 3.20. The Morgan fingerprint density at radius 2 is 1.88 bits per heavy atom. The van der Waals surface area contributed by atoms with Crippen LogP contribution in [-0.2, 0) is 0 Å². The molecule has 3 nitrogen and oxygen atoms in total. The summed E-state index contributed by atoms with van der Waals surface area (Å²) in [4.78, 5) is 3.85. The summed E-state index contributed by atoms with van der Waals surface area (Å²) in [5.74, 6) is 0.174. The maximum atomic E-state index is 9.19. The monoisotopic (exact) mass is 230 g/mol. The molecule has 0 amide bonds. The van der Waals surface area contributed by atoms with Crippen LogP contribution in [0.5, 0.6) is 5.75 Å². The molecule has 0 aliphatic heterocycles. The molecule has 16 heavy (non-hydrogen) atoms. The van der Waals surface area contributed by atoms with Crippen LogP contribution in [-0.4, -0.2) is 10.1 Å². The van der Waals surface area contributed by atoms with Crippen molar-refractivity contribution in [2.24, 2.45) is 0 Å². The molecule has 78 valence electrons. The molecule has 0 saturated carbocycles. The van der Waals surface area contributed by atoms with E-state index in [-0.39, 0.29) is 5.75 Å². The first kappa shape index (κ1) is 10.5. The molecule has 0 spiro atoms. The highest BCUT2D eigenvalue weighted by molar-refractivity contribution is 6.33. The van der Waals surface area contributed by atoms with Gasteiger partial charge in [0.05, 0.1) is 10.6 Å². The van der Waals surface area contributed by atoms with Crippen LogP contribution in [0.2, 0.25) is 5.02 Å². The van der Waals surface area contributed by atoms with Crippen molar-refractivity contribution in [3.05, 3.63) is 47.2 Å². The molecular weight excluding hydrogens is 224 g/mol. The Labute approximate surface area is 97.6 Å². The number of nitrogens with zero attached hydrogens (tertiary/aromatic N) is 2. The van der Waals surface area contributed by atoms with E-state index in [0.717, 1.165) is 5.56 Å². The molecule has 0 radical (unpaired) electrons. The molecule has 0 atom stereocenters. The Balaban J connectivity index is 2.64. The minimum atomic E-state index is 0.174. The van der Waals surface area contributed by atoms with Crippen LogP contribution in [0.25, 0.3) is 11.1 Å². The molecule has 0 aliphatic rings. The molecule has 0 fully saturated rings. The summed E-state index contributed by atoms with van der Waals surface area (Å²) >= 11 is 6.01. The van der Waals surface area contributed by atoms with Crippen LogP contribution < -0.4 is 0 Å². The van der Waals surface area contributed by atoms with Gasteiger partial charge in [0.25, 0.3) is 0 Å². The van der Waals surface area contributed by atoms with E-state index in [0.29, 0.717) is 16.1 Å². The molecule has 0 saturated heterocycles. The van der Waals surface area contributed by atoms with Crippen LogP contribution in [0.15, 0.2) is 36.7 Å². The van der Waals surface area contributed by atoms with Gasteiger partial charge in [-0.15, -0.1) is 0 Å². The zero-order valence-electron chi connectivity index (χ0n) is 8.18. The van der Waals surface area contributed by atoms with E-state index in [1.165, 1.54) is 12.4 Å². The molecule has 0 aliphatic carbocycles. The summed E-state index contributed by atoms with van der Waals surface area (Å²) in [5, 5.41) is 18.6. The first-order chi connectivity index (χ1) is 7.72. The molecule has 2 aromatic rings. The number of hydrogen-bond acceptors (Lipinski definition) is 3. The lowest BCUT2D eigenvalue weighted by atomic mass is 10.0. The molecule has 1 heterocycles. The largest absolute Gasteiger partial charge is 0.508 e. The third-order valence-electron chi connectivity index (χ3n) is 2.18. The van der Waals surface area contributed by atoms with Crippen molar-refractivity contribution in [2.75, 3.05) is 0 Å². The summed E-state index contributed by atoms with van der Waals surface area (Å²) < 4.78 is 0. The zero-order valence-corrected chi connectivity index (χ0v) is 8.94. The van der Waals surface area contributed by atoms with Crippen molar-refractivity contribution in [3.8, 4) is 22.9 Å². The quantitative estimate of drug-likeness (QED) is 0.819. The lowest BCUT2D eigenvalue weighted by Gasteiger charge is -2.05.